The number of rotatable bonds is 4. The molecule has 0 spiro atoms. The summed E-state index contributed by atoms with van der Waals surface area (Å²) in [6.45, 7) is 1.14. The number of halogens is 2. The van der Waals surface area contributed by atoms with Crippen molar-refractivity contribution in [1.82, 2.24) is 9.62 Å². The number of likely N-dealkylation sites (N-methyl/N-ethyl adjacent to an activating group) is 1. The third kappa shape index (κ3) is 2.99. The van der Waals surface area contributed by atoms with Gasteiger partial charge in [-0.2, -0.15) is 4.31 Å². The summed E-state index contributed by atoms with van der Waals surface area (Å²) in [6.07, 6.45) is 1.70. The Hall–Kier alpha value is -0.500. The summed E-state index contributed by atoms with van der Waals surface area (Å²) in [5.74, 6) is -0.459. The summed E-state index contributed by atoms with van der Waals surface area (Å²) in [5.41, 5.74) is 0. The SMILES string of the molecule is CNCC1CCCN1S(=O)(=O)c1ccc(F)cc1Br. The highest BCUT2D eigenvalue weighted by Gasteiger charge is 2.35. The lowest BCUT2D eigenvalue weighted by atomic mass is 10.2. The third-order valence-electron chi connectivity index (χ3n) is 3.24. The van der Waals surface area contributed by atoms with Crippen molar-refractivity contribution < 1.29 is 12.8 Å². The fourth-order valence-corrected chi connectivity index (χ4v) is 5.08. The van der Waals surface area contributed by atoms with Crippen molar-refractivity contribution in [1.29, 1.82) is 0 Å². The van der Waals surface area contributed by atoms with Gasteiger partial charge in [0.1, 0.15) is 5.82 Å². The average Bonchev–Trinajstić information content (AvgIpc) is 2.78. The molecule has 0 aliphatic carbocycles. The first-order valence-corrected chi connectivity index (χ1v) is 8.31. The highest BCUT2D eigenvalue weighted by Crippen LogP contribution is 2.30. The second-order valence-electron chi connectivity index (χ2n) is 4.54. The first kappa shape index (κ1) is 14.9. The van der Waals surface area contributed by atoms with Gasteiger partial charge in [0.2, 0.25) is 10.0 Å². The zero-order chi connectivity index (χ0) is 14.0. The van der Waals surface area contributed by atoms with E-state index in [4.69, 9.17) is 0 Å². The Morgan fingerprint density at radius 1 is 1.53 bits per heavy atom. The van der Waals surface area contributed by atoms with E-state index in [-0.39, 0.29) is 15.4 Å². The molecule has 0 bridgehead atoms. The summed E-state index contributed by atoms with van der Waals surface area (Å²) in [6, 6.07) is 3.62. The zero-order valence-electron chi connectivity index (χ0n) is 10.6. The summed E-state index contributed by atoms with van der Waals surface area (Å²) in [7, 11) is -1.78. The molecule has 0 radical (unpaired) electrons. The van der Waals surface area contributed by atoms with Gasteiger partial charge in [0, 0.05) is 23.6 Å². The van der Waals surface area contributed by atoms with Crippen LogP contribution in [0.25, 0.3) is 0 Å². The minimum absolute atomic E-state index is 0.0352. The Balaban J connectivity index is 2.36. The van der Waals surface area contributed by atoms with Gasteiger partial charge in [0.15, 0.2) is 0 Å². The highest BCUT2D eigenvalue weighted by molar-refractivity contribution is 9.10. The summed E-state index contributed by atoms with van der Waals surface area (Å²) >= 11 is 3.13. The van der Waals surface area contributed by atoms with Crippen LogP contribution in [0.5, 0.6) is 0 Å². The number of nitrogens with one attached hydrogen (secondary N) is 1. The van der Waals surface area contributed by atoms with Gasteiger partial charge >= 0.3 is 0 Å². The van der Waals surface area contributed by atoms with Gasteiger partial charge in [0.05, 0.1) is 4.90 Å². The summed E-state index contributed by atoms with van der Waals surface area (Å²) in [5, 5.41) is 3.01. The van der Waals surface area contributed by atoms with Gasteiger partial charge in [0.25, 0.3) is 0 Å². The molecule has 19 heavy (non-hydrogen) atoms. The van der Waals surface area contributed by atoms with Crippen LogP contribution in [0.3, 0.4) is 0 Å². The maximum absolute atomic E-state index is 13.1. The zero-order valence-corrected chi connectivity index (χ0v) is 13.0. The second-order valence-corrected chi connectivity index (χ2v) is 7.26. The molecule has 1 aromatic carbocycles. The van der Waals surface area contributed by atoms with Crippen LogP contribution in [0.15, 0.2) is 27.6 Å². The Labute approximate surface area is 121 Å². The topological polar surface area (TPSA) is 49.4 Å². The van der Waals surface area contributed by atoms with E-state index < -0.39 is 15.8 Å². The fraction of sp³-hybridized carbons (Fsp3) is 0.500. The molecule has 1 aliphatic rings. The molecule has 1 atom stereocenters. The summed E-state index contributed by atoms with van der Waals surface area (Å²) in [4.78, 5) is 0.122. The molecule has 1 heterocycles. The van der Waals surface area contributed by atoms with E-state index in [9.17, 15) is 12.8 Å². The molecule has 0 aromatic heterocycles. The highest BCUT2D eigenvalue weighted by atomic mass is 79.9. The number of hydrogen-bond acceptors (Lipinski definition) is 3. The lowest BCUT2D eigenvalue weighted by Crippen LogP contribution is -2.40. The third-order valence-corrected chi connectivity index (χ3v) is 6.17. The molecule has 106 valence electrons. The largest absolute Gasteiger partial charge is 0.318 e. The van der Waals surface area contributed by atoms with Crippen LogP contribution in [-0.2, 0) is 10.0 Å². The molecule has 0 amide bonds. The van der Waals surface area contributed by atoms with Crippen molar-refractivity contribution in [2.45, 2.75) is 23.8 Å². The molecule has 2 rings (SSSR count). The first-order valence-electron chi connectivity index (χ1n) is 6.08. The van der Waals surface area contributed by atoms with E-state index in [0.717, 1.165) is 12.8 Å². The van der Waals surface area contributed by atoms with E-state index in [1.165, 1.54) is 22.5 Å². The van der Waals surface area contributed by atoms with Gasteiger partial charge in [-0.1, -0.05) is 0 Å². The Bertz CT molecular complexity index is 565. The molecular formula is C12H16BrFN2O2S. The Morgan fingerprint density at radius 3 is 2.89 bits per heavy atom. The van der Waals surface area contributed by atoms with Crippen LogP contribution in [0.2, 0.25) is 0 Å². The molecule has 1 unspecified atom stereocenters. The minimum atomic E-state index is -3.58. The molecule has 1 aromatic rings. The predicted octanol–water partition coefficient (Wildman–Crippen LogP) is 1.96. The Morgan fingerprint density at radius 2 is 2.26 bits per heavy atom. The quantitative estimate of drug-likeness (QED) is 0.902. The second kappa shape index (κ2) is 5.87. The van der Waals surface area contributed by atoms with E-state index >= 15 is 0 Å². The van der Waals surface area contributed by atoms with Crippen LogP contribution in [0, 0.1) is 5.82 Å². The van der Waals surface area contributed by atoms with Crippen LogP contribution < -0.4 is 5.32 Å². The van der Waals surface area contributed by atoms with Crippen LogP contribution in [0.4, 0.5) is 4.39 Å². The van der Waals surface area contributed by atoms with E-state index in [2.05, 4.69) is 21.2 Å². The molecule has 7 heteroatoms. The van der Waals surface area contributed by atoms with E-state index in [1.807, 2.05) is 0 Å². The standard InChI is InChI=1S/C12H16BrFN2O2S/c1-15-8-10-3-2-6-16(10)19(17,18)12-5-4-9(14)7-11(12)13/h4-5,7,10,15H,2-3,6,8H2,1H3. The normalized spacial score (nSPS) is 20.9. The maximum atomic E-state index is 13.1. The lowest BCUT2D eigenvalue weighted by molar-refractivity contribution is 0.379. The molecule has 1 saturated heterocycles. The molecule has 1 N–H and O–H groups in total. The van der Waals surface area contributed by atoms with Crippen LogP contribution in [-0.4, -0.2) is 38.9 Å². The smallest absolute Gasteiger partial charge is 0.244 e. The first-order chi connectivity index (χ1) is 8.96. The van der Waals surface area contributed by atoms with E-state index in [0.29, 0.717) is 13.1 Å². The molecule has 0 saturated carbocycles. The van der Waals surface area contributed by atoms with Gasteiger partial charge < -0.3 is 5.32 Å². The van der Waals surface area contributed by atoms with Gasteiger partial charge in [-0.15, -0.1) is 0 Å². The Kier molecular flexibility index (Phi) is 4.60. The average molecular weight is 351 g/mol. The monoisotopic (exact) mass is 350 g/mol. The van der Waals surface area contributed by atoms with Gasteiger partial charge in [-0.3, -0.25) is 0 Å². The van der Waals surface area contributed by atoms with Crippen molar-refractivity contribution in [3.63, 3.8) is 0 Å². The van der Waals surface area contributed by atoms with Crippen molar-refractivity contribution in [2.75, 3.05) is 20.1 Å². The van der Waals surface area contributed by atoms with Crippen molar-refractivity contribution >= 4 is 26.0 Å². The van der Waals surface area contributed by atoms with Gasteiger partial charge in [-0.25, -0.2) is 12.8 Å². The van der Waals surface area contributed by atoms with Crippen molar-refractivity contribution in [3.05, 3.63) is 28.5 Å². The minimum Gasteiger partial charge on any atom is -0.318 e. The fourth-order valence-electron chi connectivity index (χ4n) is 2.38. The molecule has 1 fully saturated rings. The number of hydrogen-bond donors (Lipinski definition) is 1. The number of sulfonamides is 1. The number of benzene rings is 1. The number of nitrogens with zero attached hydrogens (tertiary/aromatic N) is 1. The van der Waals surface area contributed by atoms with E-state index in [1.54, 1.807) is 7.05 Å². The maximum Gasteiger partial charge on any atom is 0.244 e. The van der Waals surface area contributed by atoms with Crippen LogP contribution >= 0.6 is 15.9 Å². The van der Waals surface area contributed by atoms with Crippen molar-refractivity contribution in [2.24, 2.45) is 0 Å². The predicted molar refractivity (Wildman–Crippen MR) is 74.9 cm³/mol. The summed E-state index contributed by atoms with van der Waals surface area (Å²) < 4.78 is 40.0. The molecular weight excluding hydrogens is 335 g/mol. The molecule has 1 aliphatic heterocycles. The van der Waals surface area contributed by atoms with Crippen molar-refractivity contribution in [3.8, 4) is 0 Å². The van der Waals surface area contributed by atoms with Gasteiger partial charge in [-0.05, 0) is 54.0 Å². The lowest BCUT2D eigenvalue weighted by Gasteiger charge is -2.24. The molecule has 4 nitrogen and oxygen atoms in total. The van der Waals surface area contributed by atoms with Crippen LogP contribution in [0.1, 0.15) is 12.8 Å².